The molecule has 0 aliphatic carbocycles. The number of ether oxygens (including phenoxy) is 1. The predicted octanol–water partition coefficient (Wildman–Crippen LogP) is 2.13. The van der Waals surface area contributed by atoms with Crippen LogP contribution in [0.5, 0.6) is 0 Å². The van der Waals surface area contributed by atoms with Crippen LogP contribution in [0.25, 0.3) is 0 Å². The van der Waals surface area contributed by atoms with Gasteiger partial charge in [-0.3, -0.25) is 4.57 Å². The molecule has 0 saturated carbocycles. The first kappa shape index (κ1) is 16.6. The Labute approximate surface area is 102 Å². The number of carboxylic acids is 1. The molecule has 0 amide bonds. The van der Waals surface area contributed by atoms with Gasteiger partial charge < -0.3 is 18.9 Å². The third-order valence-electron chi connectivity index (χ3n) is 1.57. The average Bonchev–Trinajstić information content (AvgIpc) is 2.08. The molecule has 0 saturated heterocycles. The fourth-order valence-electron chi connectivity index (χ4n) is 1.11. The maximum Gasteiger partial charge on any atom is 0.335 e. The molecular formula is C10H21O6P. The molecule has 0 aromatic rings. The summed E-state index contributed by atoms with van der Waals surface area (Å²) in [6.45, 7) is 7.88. The second-order valence-electron chi connectivity index (χ2n) is 4.23. The molecule has 0 heterocycles. The molecule has 2 atom stereocenters. The van der Waals surface area contributed by atoms with Crippen LogP contribution in [-0.4, -0.2) is 42.7 Å². The molecule has 17 heavy (non-hydrogen) atoms. The van der Waals surface area contributed by atoms with Crippen LogP contribution in [-0.2, 0) is 23.1 Å². The summed E-state index contributed by atoms with van der Waals surface area (Å²) >= 11 is 0. The molecule has 0 aliphatic rings. The largest absolute Gasteiger partial charge is 0.479 e. The van der Waals surface area contributed by atoms with Gasteiger partial charge in [0, 0.05) is 6.66 Å². The van der Waals surface area contributed by atoms with Gasteiger partial charge in [-0.2, -0.15) is 0 Å². The van der Waals surface area contributed by atoms with Gasteiger partial charge in [-0.25, -0.2) is 4.79 Å². The molecule has 0 aromatic carbocycles. The van der Waals surface area contributed by atoms with Gasteiger partial charge in [0.2, 0.25) is 0 Å². The van der Waals surface area contributed by atoms with E-state index in [0.29, 0.717) is 0 Å². The molecule has 102 valence electrons. The van der Waals surface area contributed by atoms with Gasteiger partial charge in [-0.15, -0.1) is 0 Å². The minimum absolute atomic E-state index is 0.248. The minimum Gasteiger partial charge on any atom is -0.479 e. The van der Waals surface area contributed by atoms with Gasteiger partial charge in [0.15, 0.2) is 6.10 Å². The summed E-state index contributed by atoms with van der Waals surface area (Å²) in [5.74, 6) is -1.15. The smallest absolute Gasteiger partial charge is 0.335 e. The van der Waals surface area contributed by atoms with Crippen LogP contribution in [0.4, 0.5) is 0 Å². The van der Waals surface area contributed by atoms with Crippen molar-refractivity contribution in [2.75, 3.05) is 13.3 Å². The van der Waals surface area contributed by atoms with Crippen molar-refractivity contribution in [1.29, 1.82) is 0 Å². The summed E-state index contributed by atoms with van der Waals surface area (Å²) in [7, 11) is -3.23. The molecule has 0 radical (unpaired) electrons. The Morgan fingerprint density at radius 3 is 2.12 bits per heavy atom. The number of carboxylic acid groups (broad SMARTS) is 1. The average molecular weight is 268 g/mol. The summed E-state index contributed by atoms with van der Waals surface area (Å²) in [4.78, 5) is 10.8. The van der Waals surface area contributed by atoms with E-state index in [1.54, 1.807) is 27.7 Å². The quantitative estimate of drug-likeness (QED) is 0.679. The zero-order valence-electron chi connectivity index (χ0n) is 10.9. The monoisotopic (exact) mass is 268 g/mol. The highest BCUT2D eigenvalue weighted by molar-refractivity contribution is 7.53. The molecule has 0 aromatic heterocycles. The molecule has 0 spiro atoms. The third kappa shape index (κ3) is 8.32. The van der Waals surface area contributed by atoms with E-state index in [0.717, 1.165) is 0 Å². The van der Waals surface area contributed by atoms with Crippen LogP contribution >= 0.6 is 7.60 Å². The molecule has 7 heteroatoms. The molecule has 1 unspecified atom stereocenters. The van der Waals surface area contributed by atoms with E-state index in [2.05, 4.69) is 0 Å². The Balaban J connectivity index is 4.30. The lowest BCUT2D eigenvalue weighted by Gasteiger charge is -2.20. The van der Waals surface area contributed by atoms with Crippen LogP contribution in [0.1, 0.15) is 27.7 Å². The number of hydrogen-bond donors (Lipinski definition) is 1. The molecular weight excluding hydrogens is 247 g/mol. The summed E-state index contributed by atoms with van der Waals surface area (Å²) in [6, 6.07) is 0. The highest BCUT2D eigenvalue weighted by atomic mass is 31.2. The Kier molecular flexibility index (Phi) is 6.94. The minimum atomic E-state index is -3.23. The zero-order chi connectivity index (χ0) is 13.6. The lowest BCUT2D eigenvalue weighted by atomic mass is 10.3. The molecule has 0 rings (SSSR count). The number of hydrogen-bond acceptors (Lipinski definition) is 5. The Morgan fingerprint density at radius 1 is 1.24 bits per heavy atom. The second kappa shape index (κ2) is 7.11. The van der Waals surface area contributed by atoms with Crippen LogP contribution in [0.15, 0.2) is 0 Å². The fourth-order valence-corrected chi connectivity index (χ4v) is 2.35. The number of aliphatic carboxylic acids is 1. The van der Waals surface area contributed by atoms with E-state index in [9.17, 15) is 9.36 Å². The topological polar surface area (TPSA) is 82.1 Å². The van der Waals surface area contributed by atoms with Crippen molar-refractivity contribution in [1.82, 2.24) is 0 Å². The summed E-state index contributed by atoms with van der Waals surface area (Å²) in [5, 5.41) is 8.87. The molecule has 0 aliphatic heterocycles. The van der Waals surface area contributed by atoms with Crippen molar-refractivity contribution in [3.05, 3.63) is 0 Å². The first-order valence-corrected chi connectivity index (χ1v) is 7.41. The van der Waals surface area contributed by atoms with Gasteiger partial charge in [0.25, 0.3) is 0 Å². The van der Waals surface area contributed by atoms with Crippen LogP contribution in [0, 0.1) is 0 Å². The Bertz CT molecular complexity index is 289. The predicted molar refractivity (Wildman–Crippen MR) is 63.3 cm³/mol. The van der Waals surface area contributed by atoms with E-state index in [-0.39, 0.29) is 18.8 Å². The van der Waals surface area contributed by atoms with Gasteiger partial charge in [0.1, 0.15) is 0 Å². The van der Waals surface area contributed by atoms with E-state index < -0.39 is 19.7 Å². The Morgan fingerprint density at radius 2 is 1.76 bits per heavy atom. The van der Waals surface area contributed by atoms with E-state index in [4.69, 9.17) is 18.9 Å². The third-order valence-corrected chi connectivity index (χ3v) is 3.00. The maximum absolute atomic E-state index is 11.7. The first-order chi connectivity index (χ1) is 7.64. The lowest BCUT2D eigenvalue weighted by molar-refractivity contribution is -0.155. The van der Waals surface area contributed by atoms with E-state index >= 15 is 0 Å². The Hall–Kier alpha value is -0.420. The van der Waals surface area contributed by atoms with Crippen molar-refractivity contribution in [2.45, 2.75) is 46.0 Å². The standard InChI is InChI=1S/C10H21O6P/c1-7(2)15-9(10(11)12)6-14-17(5,13)16-8(3)4/h7-9H,6H2,1-5H3,(H,11,12)/t9-,17?/m1/s1. The highest BCUT2D eigenvalue weighted by Gasteiger charge is 2.26. The van der Waals surface area contributed by atoms with Crippen LogP contribution < -0.4 is 0 Å². The molecule has 0 fully saturated rings. The van der Waals surface area contributed by atoms with E-state index in [1.807, 2.05) is 0 Å². The van der Waals surface area contributed by atoms with Crippen molar-refractivity contribution >= 4 is 13.6 Å². The van der Waals surface area contributed by atoms with Crippen LogP contribution in [0.2, 0.25) is 0 Å². The molecule has 1 N–H and O–H groups in total. The number of rotatable bonds is 8. The fraction of sp³-hybridized carbons (Fsp3) is 0.900. The maximum atomic E-state index is 11.7. The van der Waals surface area contributed by atoms with Crippen molar-refractivity contribution in [3.63, 3.8) is 0 Å². The second-order valence-corrected chi connectivity index (χ2v) is 6.24. The molecule has 6 nitrogen and oxygen atoms in total. The van der Waals surface area contributed by atoms with Crippen molar-refractivity contribution in [3.8, 4) is 0 Å². The number of carbonyl (C=O) groups is 1. The van der Waals surface area contributed by atoms with Gasteiger partial charge >= 0.3 is 13.6 Å². The zero-order valence-corrected chi connectivity index (χ0v) is 11.8. The SMILES string of the molecule is CC(C)O[C@H](COP(C)(=O)OC(C)C)C(=O)O. The first-order valence-electron chi connectivity index (χ1n) is 5.42. The summed E-state index contributed by atoms with van der Waals surface area (Å²) in [5.41, 5.74) is 0. The summed E-state index contributed by atoms with van der Waals surface area (Å²) < 4.78 is 26.9. The van der Waals surface area contributed by atoms with Crippen LogP contribution in [0.3, 0.4) is 0 Å². The van der Waals surface area contributed by atoms with Gasteiger partial charge in [0.05, 0.1) is 18.8 Å². The normalized spacial score (nSPS) is 17.1. The van der Waals surface area contributed by atoms with Gasteiger partial charge in [-0.05, 0) is 27.7 Å². The highest BCUT2D eigenvalue weighted by Crippen LogP contribution is 2.45. The molecule has 0 bridgehead atoms. The van der Waals surface area contributed by atoms with Crippen molar-refractivity contribution in [2.24, 2.45) is 0 Å². The van der Waals surface area contributed by atoms with E-state index in [1.165, 1.54) is 6.66 Å². The van der Waals surface area contributed by atoms with Crippen molar-refractivity contribution < 1.29 is 28.3 Å². The lowest BCUT2D eigenvalue weighted by Crippen LogP contribution is -2.31. The van der Waals surface area contributed by atoms with Gasteiger partial charge in [-0.1, -0.05) is 0 Å². The summed E-state index contributed by atoms with van der Waals surface area (Å²) in [6.07, 6.45) is -1.64.